The number of aromatic nitrogens is 3. The number of nitrogen functional groups attached to an aromatic ring is 1. The Kier molecular flexibility index (Phi) is 10.4. The number of rotatable bonds is 9. The van der Waals surface area contributed by atoms with Crippen LogP contribution >= 0.6 is 12.4 Å². The molecule has 176 valence electrons. The number of halogens is 1. The van der Waals surface area contributed by atoms with Crippen molar-refractivity contribution in [2.45, 2.75) is 63.3 Å². The molecule has 0 amide bonds. The Labute approximate surface area is 196 Å². The van der Waals surface area contributed by atoms with E-state index in [4.69, 9.17) is 21.4 Å². The quantitative estimate of drug-likeness (QED) is 0.360. The van der Waals surface area contributed by atoms with Gasteiger partial charge in [0, 0.05) is 18.2 Å². The number of nitrogens with two attached hydrogens (primary N) is 2. The summed E-state index contributed by atoms with van der Waals surface area (Å²) in [6.07, 6.45) is 11.1. The molecule has 3 heterocycles. The number of H-pyrrole nitrogens is 1. The highest BCUT2D eigenvalue weighted by molar-refractivity contribution is 5.85. The zero-order chi connectivity index (χ0) is 20.8. The molecule has 4 rings (SSSR count). The molecule has 1 aromatic rings. The summed E-state index contributed by atoms with van der Waals surface area (Å²) in [5.74, 6) is 0.847. The molecule has 0 saturated carbocycles. The van der Waals surface area contributed by atoms with Crippen LogP contribution in [0.3, 0.4) is 0 Å². The molecule has 0 aliphatic carbocycles. The van der Waals surface area contributed by atoms with Crippen LogP contribution in [0, 0.1) is 0 Å². The third-order valence-electron chi connectivity index (χ3n) is 6.29. The molecule has 2 atom stereocenters. The number of anilines is 1. The molecule has 0 aromatic heterocycles. The van der Waals surface area contributed by atoms with Crippen molar-refractivity contribution in [2.75, 3.05) is 18.8 Å². The Morgan fingerprint density at radius 1 is 1.03 bits per heavy atom. The molecule has 8 heteroatoms. The van der Waals surface area contributed by atoms with Gasteiger partial charge in [0.25, 0.3) is 0 Å². The fraction of sp³-hybridized carbons (Fsp3) is 0.500. The normalized spacial score (nSPS) is 18.2. The Bertz CT molecular complexity index is 903. The molecule has 0 radical (unpaired) electrons. The summed E-state index contributed by atoms with van der Waals surface area (Å²) in [7, 11) is 0. The highest BCUT2D eigenvalue weighted by atomic mass is 35.5. The zero-order valence-corrected chi connectivity index (χ0v) is 19.5. The molecular weight excluding hydrogens is 424 g/mol. The highest BCUT2D eigenvalue weighted by Gasteiger charge is 2.29. The maximum atomic E-state index is 6.19. The second-order valence-electron chi connectivity index (χ2n) is 8.46. The third kappa shape index (κ3) is 6.19. The average molecular weight is 461 g/mol. The molecular formula is C24H37ClN6O. The standard InChI is InChI=1S/C24H34N6.ClH.H2O/c25-13-8-3-1-2-5-11-19-16-28-23-21(29-24(26)30-22(19)23)18-12-14-27-20(15-18)17-9-6-4-7-10-17;;/h4,6-7,9-10,16,18,20,27H,1-3,5,8,11-15,25H2,(H3,26,29,30);1H;1H2. The van der Waals surface area contributed by atoms with E-state index in [2.05, 4.69) is 40.6 Å². The highest BCUT2D eigenvalue weighted by Crippen LogP contribution is 2.39. The van der Waals surface area contributed by atoms with E-state index in [9.17, 15) is 0 Å². The summed E-state index contributed by atoms with van der Waals surface area (Å²) in [4.78, 5) is 12.8. The topological polar surface area (TPSA) is 137 Å². The summed E-state index contributed by atoms with van der Waals surface area (Å²) < 4.78 is 0. The second-order valence-corrected chi connectivity index (χ2v) is 8.46. The van der Waals surface area contributed by atoms with E-state index in [0.717, 1.165) is 55.9 Å². The number of benzene rings is 1. The van der Waals surface area contributed by atoms with Gasteiger partial charge < -0.3 is 27.2 Å². The van der Waals surface area contributed by atoms with Crippen molar-refractivity contribution in [1.82, 2.24) is 20.3 Å². The monoisotopic (exact) mass is 460 g/mol. The van der Waals surface area contributed by atoms with E-state index in [1.54, 1.807) is 0 Å². The molecule has 2 unspecified atom stereocenters. The minimum Gasteiger partial charge on any atom is -0.412 e. The summed E-state index contributed by atoms with van der Waals surface area (Å²) in [5.41, 5.74) is 17.5. The van der Waals surface area contributed by atoms with Crippen LogP contribution in [-0.4, -0.2) is 33.5 Å². The molecule has 1 aromatic carbocycles. The van der Waals surface area contributed by atoms with Crippen molar-refractivity contribution in [3.05, 3.63) is 53.3 Å². The molecule has 3 aliphatic rings. The number of unbranched alkanes of at least 4 members (excludes halogenated alkanes) is 4. The van der Waals surface area contributed by atoms with Gasteiger partial charge in [0.2, 0.25) is 0 Å². The second kappa shape index (κ2) is 12.7. The Hall–Kier alpha value is -2.19. The van der Waals surface area contributed by atoms with Crippen LogP contribution in [0.25, 0.3) is 11.4 Å². The maximum absolute atomic E-state index is 6.19. The van der Waals surface area contributed by atoms with Crippen LogP contribution in [0.2, 0.25) is 0 Å². The minimum absolute atomic E-state index is 0. The van der Waals surface area contributed by atoms with Crippen molar-refractivity contribution in [3.63, 3.8) is 0 Å². The Morgan fingerprint density at radius 2 is 1.78 bits per heavy atom. The van der Waals surface area contributed by atoms with Gasteiger partial charge in [-0.25, -0.2) is 4.98 Å². The van der Waals surface area contributed by atoms with E-state index in [1.807, 2.05) is 6.20 Å². The Morgan fingerprint density at radius 3 is 2.56 bits per heavy atom. The van der Waals surface area contributed by atoms with E-state index in [-0.39, 0.29) is 17.9 Å². The lowest BCUT2D eigenvalue weighted by Crippen LogP contribution is -2.31. The number of hydrogen-bond acceptors (Lipinski definition) is 5. The smallest absolute Gasteiger partial charge is 0.198 e. The lowest BCUT2D eigenvalue weighted by Gasteiger charge is -2.31. The van der Waals surface area contributed by atoms with Crippen LogP contribution in [0.1, 0.15) is 73.7 Å². The number of nitrogens with one attached hydrogen (secondary N) is 2. The lowest BCUT2D eigenvalue weighted by atomic mass is 9.85. The number of fused-ring (bicyclic) bond motifs is 1. The summed E-state index contributed by atoms with van der Waals surface area (Å²) in [6.45, 7) is 1.77. The SMILES string of the molecule is Cl.NCCCCCCCc1cnc2c(C3CCNC(c4ccccc4)C3)nc(N)[nH]c1-2.O. The lowest BCUT2D eigenvalue weighted by molar-refractivity contribution is 0.365. The number of aryl methyl sites for hydroxylation is 1. The first-order valence-electron chi connectivity index (χ1n) is 11.4. The number of nitrogens with zero attached hydrogens (tertiary/aromatic N) is 2. The van der Waals surface area contributed by atoms with E-state index < -0.39 is 0 Å². The minimum atomic E-state index is 0. The van der Waals surface area contributed by atoms with Gasteiger partial charge in [0.05, 0.1) is 11.4 Å². The van der Waals surface area contributed by atoms with Crippen molar-refractivity contribution in [1.29, 1.82) is 0 Å². The van der Waals surface area contributed by atoms with Crippen molar-refractivity contribution >= 4 is 18.4 Å². The van der Waals surface area contributed by atoms with Crippen LogP contribution in [0.5, 0.6) is 0 Å². The number of hydrogen-bond donors (Lipinski definition) is 4. The van der Waals surface area contributed by atoms with Gasteiger partial charge in [-0.05, 0) is 56.3 Å². The molecule has 1 fully saturated rings. The average Bonchev–Trinajstić information content (AvgIpc) is 3.19. The molecule has 0 spiro atoms. The molecule has 32 heavy (non-hydrogen) atoms. The Balaban J connectivity index is 0.00000181. The van der Waals surface area contributed by atoms with Crippen molar-refractivity contribution in [2.24, 2.45) is 5.73 Å². The van der Waals surface area contributed by atoms with Crippen LogP contribution in [-0.2, 0) is 6.42 Å². The first kappa shape index (κ1) is 26.1. The first-order valence-corrected chi connectivity index (χ1v) is 11.4. The first-order chi connectivity index (χ1) is 14.8. The van der Waals surface area contributed by atoms with Crippen LogP contribution < -0.4 is 16.8 Å². The number of aromatic amines is 1. The largest absolute Gasteiger partial charge is 0.412 e. The van der Waals surface area contributed by atoms with Gasteiger partial charge in [-0.3, -0.25) is 4.98 Å². The predicted octanol–water partition coefficient (Wildman–Crippen LogP) is 3.75. The van der Waals surface area contributed by atoms with E-state index in [0.29, 0.717) is 17.9 Å². The van der Waals surface area contributed by atoms with Crippen molar-refractivity contribution < 1.29 is 5.48 Å². The van der Waals surface area contributed by atoms with Gasteiger partial charge in [-0.2, -0.15) is 0 Å². The summed E-state index contributed by atoms with van der Waals surface area (Å²) >= 11 is 0. The van der Waals surface area contributed by atoms with Crippen molar-refractivity contribution in [3.8, 4) is 11.4 Å². The van der Waals surface area contributed by atoms with Gasteiger partial charge in [-0.1, -0.05) is 49.6 Å². The van der Waals surface area contributed by atoms with Gasteiger partial charge in [0.1, 0.15) is 5.69 Å². The predicted molar refractivity (Wildman–Crippen MR) is 133 cm³/mol. The number of piperidine rings is 1. The zero-order valence-electron chi connectivity index (χ0n) is 18.6. The molecule has 3 aliphatic heterocycles. The summed E-state index contributed by atoms with van der Waals surface area (Å²) in [5, 5.41) is 3.66. The molecule has 7 nitrogen and oxygen atoms in total. The van der Waals surface area contributed by atoms with E-state index >= 15 is 0 Å². The van der Waals surface area contributed by atoms with E-state index in [1.165, 1.54) is 36.8 Å². The van der Waals surface area contributed by atoms with Crippen LogP contribution in [0.15, 0.2) is 36.5 Å². The third-order valence-corrected chi connectivity index (χ3v) is 6.29. The molecule has 8 N–H and O–H groups in total. The fourth-order valence-corrected chi connectivity index (χ4v) is 4.67. The summed E-state index contributed by atoms with van der Waals surface area (Å²) in [6, 6.07) is 11.0. The maximum Gasteiger partial charge on any atom is 0.198 e. The molecule has 0 bridgehead atoms. The van der Waals surface area contributed by atoms with Gasteiger partial charge in [-0.15, -0.1) is 12.4 Å². The van der Waals surface area contributed by atoms with Gasteiger partial charge in [0.15, 0.2) is 5.95 Å². The molecule has 1 saturated heterocycles. The van der Waals surface area contributed by atoms with Crippen LogP contribution in [0.4, 0.5) is 5.95 Å². The fourth-order valence-electron chi connectivity index (χ4n) is 4.67. The van der Waals surface area contributed by atoms with Gasteiger partial charge >= 0.3 is 0 Å².